The fraction of sp³-hybridized carbons (Fsp3) is 0.290. The summed E-state index contributed by atoms with van der Waals surface area (Å²) in [5.41, 5.74) is 2.56. The zero-order valence-electron chi connectivity index (χ0n) is 24.9. The lowest BCUT2D eigenvalue weighted by atomic mass is 10.1. The number of carbonyl (C=O) groups excluding carboxylic acids is 2. The molecule has 0 unspecified atom stereocenters. The van der Waals surface area contributed by atoms with Gasteiger partial charge in [0.1, 0.15) is 11.6 Å². The van der Waals surface area contributed by atoms with E-state index in [2.05, 4.69) is 16.0 Å². The number of carboxylic acid groups (broad SMARTS) is 1. The predicted molar refractivity (Wildman–Crippen MR) is 163 cm³/mol. The monoisotopic (exact) mass is 608 g/mol. The average molecular weight is 609 g/mol. The minimum Gasteiger partial charge on any atom is -0.497 e. The molecule has 0 spiro atoms. The zero-order chi connectivity index (χ0) is 32.2. The molecule has 3 rings (SSSR count). The van der Waals surface area contributed by atoms with Gasteiger partial charge in [-0.1, -0.05) is 0 Å². The topological polar surface area (TPSA) is 189 Å². The van der Waals surface area contributed by atoms with Crippen molar-refractivity contribution in [3.8, 4) is 17.2 Å². The van der Waals surface area contributed by atoms with Crippen molar-refractivity contribution < 1.29 is 43.5 Å². The Bertz CT molecular complexity index is 1490. The van der Waals surface area contributed by atoms with E-state index < -0.39 is 24.6 Å². The smallest absolute Gasteiger partial charge is 0.412 e. The molecule has 0 bridgehead atoms. The lowest BCUT2D eigenvalue weighted by Crippen LogP contribution is -2.31. The first-order chi connectivity index (χ1) is 21.0. The lowest BCUT2D eigenvalue weighted by molar-refractivity contribution is -0.139. The molecule has 0 radical (unpaired) electrons. The number of ether oxygens (including phenoxy) is 4. The van der Waals surface area contributed by atoms with Crippen LogP contribution in [0.3, 0.4) is 0 Å². The fourth-order valence-corrected chi connectivity index (χ4v) is 4.03. The minimum absolute atomic E-state index is 0.0914. The maximum absolute atomic E-state index is 13.4. The summed E-state index contributed by atoms with van der Waals surface area (Å²) in [7, 11) is 1.48. The highest BCUT2D eigenvalue weighted by atomic mass is 16.5. The van der Waals surface area contributed by atoms with Crippen LogP contribution in [0.5, 0.6) is 17.2 Å². The van der Waals surface area contributed by atoms with Crippen LogP contribution < -0.4 is 30.2 Å². The van der Waals surface area contributed by atoms with Gasteiger partial charge in [0.25, 0.3) is 5.91 Å². The second-order valence-electron chi connectivity index (χ2n) is 9.61. The number of aliphatic hydroxyl groups excluding tert-OH is 1. The molecule has 3 aromatic rings. The summed E-state index contributed by atoms with van der Waals surface area (Å²) in [4.78, 5) is 36.3. The van der Waals surface area contributed by atoms with E-state index in [0.717, 1.165) is 0 Å². The second-order valence-corrected chi connectivity index (χ2v) is 9.61. The number of anilines is 2. The lowest BCUT2D eigenvalue weighted by Gasteiger charge is -2.20. The zero-order valence-corrected chi connectivity index (χ0v) is 24.9. The summed E-state index contributed by atoms with van der Waals surface area (Å²) in [5.74, 6) is -0.858. The molecule has 0 atom stereocenters. The number of amides is 2. The van der Waals surface area contributed by atoms with Crippen LogP contribution in [0.4, 0.5) is 16.2 Å². The molecule has 0 aliphatic rings. The first-order valence-corrected chi connectivity index (χ1v) is 13.7. The van der Waals surface area contributed by atoms with Crippen molar-refractivity contribution in [2.24, 2.45) is 0 Å². The van der Waals surface area contributed by atoms with Crippen LogP contribution in [0.2, 0.25) is 0 Å². The number of benzene rings is 3. The summed E-state index contributed by atoms with van der Waals surface area (Å²) in [6, 6.07) is 14.5. The van der Waals surface area contributed by atoms with Crippen molar-refractivity contribution in [2.75, 3.05) is 31.0 Å². The van der Waals surface area contributed by atoms with E-state index in [1.165, 1.54) is 7.11 Å². The minimum atomic E-state index is -1.17. The number of alkyl carbamates (subject to hydrolysis) is 1. The van der Waals surface area contributed by atoms with E-state index in [9.17, 15) is 24.6 Å². The summed E-state index contributed by atoms with van der Waals surface area (Å²) < 4.78 is 21.5. The Labute approximate surface area is 254 Å². The number of rotatable bonds is 14. The second kappa shape index (κ2) is 15.8. The number of nitrogens with one attached hydrogen (secondary N) is 4. The van der Waals surface area contributed by atoms with Crippen molar-refractivity contribution >= 4 is 35.2 Å². The summed E-state index contributed by atoms with van der Waals surface area (Å²) in [6.45, 7) is 4.66. The van der Waals surface area contributed by atoms with E-state index in [4.69, 9.17) is 24.4 Å². The largest absolute Gasteiger partial charge is 0.497 e. The van der Waals surface area contributed by atoms with Gasteiger partial charge in [-0.15, -0.1) is 0 Å². The van der Waals surface area contributed by atoms with Crippen LogP contribution in [0, 0.1) is 5.41 Å². The van der Waals surface area contributed by atoms with Crippen LogP contribution in [-0.2, 0) is 22.7 Å². The normalized spacial score (nSPS) is 10.5. The molecule has 6 N–H and O–H groups in total. The van der Waals surface area contributed by atoms with E-state index in [0.29, 0.717) is 33.8 Å². The van der Waals surface area contributed by atoms with E-state index >= 15 is 0 Å². The third-order valence-electron chi connectivity index (χ3n) is 5.95. The van der Waals surface area contributed by atoms with Gasteiger partial charge < -0.3 is 39.8 Å². The Kier molecular flexibility index (Phi) is 11.9. The number of carbonyl (C=O) groups is 3. The van der Waals surface area contributed by atoms with Gasteiger partial charge in [-0.25, -0.2) is 9.59 Å². The predicted octanol–water partition coefficient (Wildman–Crippen LogP) is 4.37. The van der Waals surface area contributed by atoms with Crippen LogP contribution in [0.25, 0.3) is 0 Å². The highest BCUT2D eigenvalue weighted by molar-refractivity contribution is 6.09. The molecule has 13 nitrogen and oxygen atoms in total. The maximum Gasteiger partial charge on any atom is 0.412 e. The van der Waals surface area contributed by atoms with Gasteiger partial charge in [0.2, 0.25) is 0 Å². The van der Waals surface area contributed by atoms with E-state index in [1.807, 2.05) is 13.8 Å². The molecule has 0 aliphatic heterocycles. The Morgan fingerprint density at radius 3 is 2.36 bits per heavy atom. The Morgan fingerprint density at radius 1 is 1.02 bits per heavy atom. The standard InChI is InChI=1S/C31H36N4O9/c1-5-42-31(40)35-29(32)20-6-8-22(9-7-20)34-30(39)24-14-23(41-4)10-11-25(24)33-15-21-12-19(16-36)13-26(44-18(2)3)28(21)43-17-27(37)38/h6-14,18,33,36H,5,15-17H2,1-4H3,(H,34,39)(H,37,38)(H2,32,35,40). The molecule has 2 amide bonds. The molecule has 13 heteroatoms. The third-order valence-corrected chi connectivity index (χ3v) is 5.95. The number of aliphatic hydroxyl groups is 1. The number of amidine groups is 1. The van der Waals surface area contributed by atoms with Crippen molar-refractivity contribution in [3.63, 3.8) is 0 Å². The Morgan fingerprint density at radius 2 is 1.75 bits per heavy atom. The van der Waals surface area contributed by atoms with Gasteiger partial charge in [-0.3, -0.25) is 15.5 Å². The summed E-state index contributed by atoms with van der Waals surface area (Å²) in [6.07, 6.45) is -0.984. The van der Waals surface area contributed by atoms with Gasteiger partial charge in [0.05, 0.1) is 32.0 Å². The molecule has 44 heavy (non-hydrogen) atoms. The fourth-order valence-electron chi connectivity index (χ4n) is 4.03. The van der Waals surface area contributed by atoms with Gasteiger partial charge >= 0.3 is 12.1 Å². The van der Waals surface area contributed by atoms with Gasteiger partial charge in [-0.05, 0) is 80.9 Å². The number of aliphatic carboxylic acids is 1. The number of methoxy groups -OCH3 is 1. The molecule has 0 heterocycles. The van der Waals surface area contributed by atoms with E-state index in [-0.39, 0.29) is 48.8 Å². The highest BCUT2D eigenvalue weighted by Crippen LogP contribution is 2.35. The van der Waals surface area contributed by atoms with Gasteiger partial charge in [-0.2, -0.15) is 0 Å². The SMILES string of the molecule is CCOC(=O)NC(=N)c1ccc(NC(=O)c2cc(OC)ccc2NCc2cc(CO)cc(OC(C)C)c2OCC(=O)O)cc1. The molecule has 0 saturated heterocycles. The van der Waals surface area contributed by atoms with E-state index in [1.54, 1.807) is 61.5 Å². The van der Waals surface area contributed by atoms with Crippen LogP contribution in [0.1, 0.15) is 47.8 Å². The molecular weight excluding hydrogens is 572 g/mol. The molecule has 0 fully saturated rings. The average Bonchev–Trinajstić information content (AvgIpc) is 2.99. The Balaban J connectivity index is 1.85. The number of hydrogen-bond donors (Lipinski definition) is 6. The summed E-state index contributed by atoms with van der Waals surface area (Å²) >= 11 is 0. The van der Waals surface area contributed by atoms with Crippen LogP contribution in [0.15, 0.2) is 54.6 Å². The molecule has 0 aromatic heterocycles. The van der Waals surface area contributed by atoms with Crippen molar-refractivity contribution in [3.05, 3.63) is 76.9 Å². The van der Waals surface area contributed by atoms with Crippen molar-refractivity contribution in [1.29, 1.82) is 5.41 Å². The first kappa shape index (κ1) is 33.2. The van der Waals surface area contributed by atoms with Crippen molar-refractivity contribution in [1.82, 2.24) is 5.32 Å². The molecular formula is C31H36N4O9. The van der Waals surface area contributed by atoms with Gasteiger partial charge in [0, 0.05) is 29.0 Å². The van der Waals surface area contributed by atoms with Crippen LogP contribution in [-0.4, -0.2) is 60.4 Å². The first-order valence-electron chi connectivity index (χ1n) is 13.7. The quantitative estimate of drug-likeness (QED) is 0.113. The molecule has 0 aliphatic carbocycles. The number of hydrogen-bond acceptors (Lipinski definition) is 10. The Hall–Kier alpha value is -5.30. The van der Waals surface area contributed by atoms with Gasteiger partial charge in [0.15, 0.2) is 18.1 Å². The highest BCUT2D eigenvalue weighted by Gasteiger charge is 2.19. The van der Waals surface area contributed by atoms with Crippen LogP contribution >= 0.6 is 0 Å². The maximum atomic E-state index is 13.4. The summed E-state index contributed by atoms with van der Waals surface area (Å²) in [5, 5.41) is 35.4. The molecule has 0 saturated carbocycles. The number of carboxylic acids is 1. The van der Waals surface area contributed by atoms with Crippen molar-refractivity contribution in [2.45, 2.75) is 40.0 Å². The third kappa shape index (κ3) is 9.36. The molecule has 234 valence electrons. The molecule has 3 aromatic carbocycles.